The zero-order chi connectivity index (χ0) is 24.8. The zero-order valence-corrected chi connectivity index (χ0v) is 21.8. The van der Waals surface area contributed by atoms with Crippen LogP contribution >= 0.6 is 0 Å². The zero-order valence-electron chi connectivity index (χ0n) is 19.9. The predicted octanol–water partition coefficient (Wildman–Crippen LogP) is 3.57. The minimum atomic E-state index is -5.35. The fourth-order valence-corrected chi connectivity index (χ4v) is 11.5. The number of rotatable bonds is 1. The molecule has 0 atom stereocenters. The molecular weight excluding hydrogens is 523 g/mol. The van der Waals surface area contributed by atoms with Crippen LogP contribution in [0.1, 0.15) is 52.0 Å². The van der Waals surface area contributed by atoms with Gasteiger partial charge in [-0.25, -0.2) is 0 Å². The van der Waals surface area contributed by atoms with Crippen LogP contribution in [0.3, 0.4) is 0 Å². The van der Waals surface area contributed by atoms with E-state index >= 15 is 0 Å². The van der Waals surface area contributed by atoms with E-state index < -0.39 is 13.8 Å². The van der Waals surface area contributed by atoms with Crippen molar-refractivity contribution in [3.05, 3.63) is 77.4 Å². The molecule has 2 amide bonds. The van der Waals surface area contributed by atoms with Crippen LogP contribution in [0.15, 0.2) is 60.7 Å². The second kappa shape index (κ2) is 8.49. The van der Waals surface area contributed by atoms with Crippen LogP contribution in [-0.2, 0) is 0 Å². The molecule has 3 bridgehead atoms. The van der Waals surface area contributed by atoms with E-state index in [0.717, 1.165) is 31.2 Å². The molecule has 9 heteroatoms. The van der Waals surface area contributed by atoms with E-state index in [-0.39, 0.29) is 23.3 Å². The number of carbonyl (C=O) groups is 2. The Labute approximate surface area is 210 Å². The van der Waals surface area contributed by atoms with Gasteiger partial charge in [0.15, 0.2) is 0 Å². The van der Waals surface area contributed by atoms with Gasteiger partial charge in [-0.3, -0.25) is 0 Å². The van der Waals surface area contributed by atoms with Gasteiger partial charge in [-0.05, 0) is 0 Å². The van der Waals surface area contributed by atoms with E-state index in [9.17, 15) is 9.59 Å². The molecule has 1 spiro atoms. The van der Waals surface area contributed by atoms with Crippen molar-refractivity contribution in [3.63, 3.8) is 0 Å². The first-order valence-electron chi connectivity index (χ1n) is 12.2. The molecule has 36 heavy (non-hydrogen) atoms. The van der Waals surface area contributed by atoms with E-state index in [2.05, 4.69) is 10.6 Å². The molecule has 6 rings (SSSR count). The van der Waals surface area contributed by atoms with Gasteiger partial charge in [0.1, 0.15) is 0 Å². The van der Waals surface area contributed by atoms with E-state index in [0.29, 0.717) is 40.1 Å². The average molecular weight is 550 g/mol. The van der Waals surface area contributed by atoms with Gasteiger partial charge in [0.05, 0.1) is 0 Å². The Bertz CT molecular complexity index is 1290. The third-order valence-corrected chi connectivity index (χ3v) is 13.2. The van der Waals surface area contributed by atoms with Crippen molar-refractivity contribution in [2.75, 3.05) is 13.1 Å². The summed E-state index contributed by atoms with van der Waals surface area (Å²) in [4.78, 5) is 26.3. The van der Waals surface area contributed by atoms with Crippen molar-refractivity contribution in [2.24, 2.45) is 0 Å². The number of benzene rings is 3. The van der Waals surface area contributed by atoms with E-state index in [1.165, 1.54) is 0 Å². The summed E-state index contributed by atoms with van der Waals surface area (Å²) in [7, 11) is 0. The number of nitrogens with one attached hydrogen (secondary N) is 2. The normalized spacial score (nSPS) is 20.6. The Balaban J connectivity index is 1.53. The quantitative estimate of drug-likeness (QED) is 0.450. The predicted molar refractivity (Wildman–Crippen MR) is 135 cm³/mol. The maximum absolute atomic E-state index is 13.1. The van der Waals surface area contributed by atoms with Crippen molar-refractivity contribution in [2.45, 2.75) is 32.6 Å². The molecule has 0 aromatic heterocycles. The molecule has 3 heterocycles. The van der Waals surface area contributed by atoms with Crippen LogP contribution in [0.4, 0.5) is 0 Å². The molecule has 0 aliphatic carbocycles. The van der Waals surface area contributed by atoms with Crippen molar-refractivity contribution in [1.29, 1.82) is 0 Å². The Morgan fingerprint density at radius 1 is 0.639 bits per heavy atom. The Morgan fingerprint density at radius 2 is 1.14 bits per heavy atom. The molecule has 0 saturated heterocycles. The fraction of sp³-hybridized carbons (Fsp3) is 0.259. The first-order chi connectivity index (χ1) is 17.5. The molecule has 3 aromatic rings. The van der Waals surface area contributed by atoms with Gasteiger partial charge in [0, 0.05) is 0 Å². The number of para-hydroxylation sites is 2. The fourth-order valence-electron chi connectivity index (χ4n) is 4.68. The summed E-state index contributed by atoms with van der Waals surface area (Å²) in [5.41, 5.74) is 1.75. The van der Waals surface area contributed by atoms with Crippen LogP contribution < -0.4 is 29.9 Å². The van der Waals surface area contributed by atoms with E-state index in [1.54, 1.807) is 36.4 Å². The SMILES string of the molecule is Cc1ccc([As]234Oc5cccc(c5O2)C(=O)NCCCCCCNC(=O)c2cccc(c2O3)O4)cc1. The molecule has 186 valence electrons. The van der Waals surface area contributed by atoms with Crippen LogP contribution in [0.5, 0.6) is 23.0 Å². The van der Waals surface area contributed by atoms with Gasteiger partial charge < -0.3 is 0 Å². The van der Waals surface area contributed by atoms with Crippen molar-refractivity contribution in [3.8, 4) is 23.0 Å². The molecule has 3 aliphatic rings. The third-order valence-electron chi connectivity index (χ3n) is 6.59. The number of carbonyl (C=O) groups excluding carboxylic acids is 2. The topological polar surface area (TPSA) is 95.1 Å². The second-order valence-corrected chi connectivity index (χ2v) is 15.2. The van der Waals surface area contributed by atoms with Gasteiger partial charge in [0.2, 0.25) is 0 Å². The van der Waals surface area contributed by atoms with Crippen molar-refractivity contribution >= 4 is 30.0 Å². The number of hydrogen-bond donors (Lipinski definition) is 2. The first kappa shape index (κ1) is 22.8. The molecule has 8 nitrogen and oxygen atoms in total. The van der Waals surface area contributed by atoms with E-state index in [4.69, 9.17) is 14.9 Å². The summed E-state index contributed by atoms with van der Waals surface area (Å²) in [5, 5.41) is 5.97. The van der Waals surface area contributed by atoms with Gasteiger partial charge in [-0.1, -0.05) is 0 Å². The third kappa shape index (κ3) is 3.59. The van der Waals surface area contributed by atoms with Gasteiger partial charge in [-0.15, -0.1) is 0 Å². The van der Waals surface area contributed by atoms with Gasteiger partial charge >= 0.3 is 211 Å². The van der Waals surface area contributed by atoms with Gasteiger partial charge in [-0.2, -0.15) is 0 Å². The molecule has 0 unspecified atom stereocenters. The molecule has 0 saturated carbocycles. The number of aryl methyl sites for hydroxylation is 1. The van der Waals surface area contributed by atoms with Crippen LogP contribution in [0, 0.1) is 6.92 Å². The Hall–Kier alpha value is -3.64. The van der Waals surface area contributed by atoms with Crippen molar-refractivity contribution in [1.82, 2.24) is 10.6 Å². The molecule has 2 N–H and O–H groups in total. The average Bonchev–Trinajstić information content (AvgIpc) is 3.40. The maximum atomic E-state index is 13.1. The van der Waals surface area contributed by atoms with Crippen LogP contribution in [0.2, 0.25) is 0 Å². The Kier molecular flexibility index (Phi) is 5.37. The molecule has 0 fully saturated rings. The molecule has 3 aromatic carbocycles. The Morgan fingerprint density at radius 3 is 1.64 bits per heavy atom. The monoisotopic (exact) mass is 550 g/mol. The summed E-state index contributed by atoms with van der Waals surface area (Å²) < 4.78 is 27.0. The summed E-state index contributed by atoms with van der Waals surface area (Å²) in [6.45, 7) is 3.07. The second-order valence-electron chi connectivity index (χ2n) is 9.20. The standard InChI is InChI=1S/C27H27AsN2O6/c1-18-12-14-19(15-13-18)28-33-22-10-6-8-20(24(22)35-28)26(31)29-16-4-2-3-5-17-30-27(32)21-9-7-11-23(34-28)25(21)36-28/h6-15H,2-5,16-17H2,1H3,(H,29,31)(H,30,32). The number of amides is 2. The molecule has 3 aliphatic heterocycles. The summed E-state index contributed by atoms with van der Waals surface area (Å²) >= 11 is -5.35. The van der Waals surface area contributed by atoms with Crippen LogP contribution in [0.25, 0.3) is 0 Å². The summed E-state index contributed by atoms with van der Waals surface area (Å²) in [5.74, 6) is 0.812. The summed E-state index contributed by atoms with van der Waals surface area (Å²) in [6, 6.07) is 18.0. The van der Waals surface area contributed by atoms with Crippen molar-refractivity contribution < 1.29 is 24.5 Å². The first-order valence-corrected chi connectivity index (χ1v) is 16.2. The number of hydrogen-bond acceptors (Lipinski definition) is 6. The van der Waals surface area contributed by atoms with Crippen LogP contribution in [-0.4, -0.2) is 38.7 Å². The van der Waals surface area contributed by atoms with Gasteiger partial charge in [0.25, 0.3) is 0 Å². The van der Waals surface area contributed by atoms with E-state index in [1.807, 2.05) is 31.2 Å². The summed E-state index contributed by atoms with van der Waals surface area (Å²) in [6.07, 6.45) is 3.59. The molecular formula is C27H27AsN2O6. The molecule has 0 radical (unpaired) electrons. The minimum absolute atomic E-state index is 0.245.